The molecule has 7 heteroatoms. The Morgan fingerprint density at radius 1 is 1.39 bits per heavy atom. The Labute approximate surface area is 108 Å². The first-order chi connectivity index (χ1) is 8.34. The second kappa shape index (κ2) is 8.52. The molecule has 0 aliphatic heterocycles. The third kappa shape index (κ3) is 5.18. The summed E-state index contributed by atoms with van der Waals surface area (Å²) in [5.41, 5.74) is 3.07. The van der Waals surface area contributed by atoms with Crippen molar-refractivity contribution in [1.82, 2.24) is 4.98 Å². The maximum atomic E-state index is 12.2. The normalized spacial score (nSPS) is 9.44. The lowest BCUT2D eigenvalue weighted by Crippen LogP contribution is -2.16. The first-order valence-electron chi connectivity index (χ1n) is 4.85. The monoisotopic (exact) mass is 282 g/mol. The van der Waals surface area contributed by atoms with Crippen molar-refractivity contribution in [2.45, 2.75) is 20.0 Å². The summed E-state index contributed by atoms with van der Waals surface area (Å²) in [5.74, 6) is -1.10. The molecule has 0 fully saturated rings. The van der Waals surface area contributed by atoms with Crippen LogP contribution in [0.2, 0.25) is 5.02 Å². The van der Waals surface area contributed by atoms with E-state index in [9.17, 15) is 18.0 Å². The van der Waals surface area contributed by atoms with Gasteiger partial charge in [0.05, 0.1) is 10.6 Å². The molecule has 18 heavy (non-hydrogen) atoms. The zero-order chi connectivity index (χ0) is 14.9. The lowest BCUT2D eigenvalue weighted by molar-refractivity contribution is -0.137. The maximum absolute atomic E-state index is 12.2. The molecule has 1 amide bonds. The smallest absolute Gasteiger partial charge is 0.364 e. The number of nitrogens with two attached hydrogens (primary N) is 1. The van der Waals surface area contributed by atoms with Crippen molar-refractivity contribution in [2.75, 3.05) is 0 Å². The molecule has 1 heterocycles. The molecule has 0 atom stereocenters. The van der Waals surface area contributed by atoms with Gasteiger partial charge < -0.3 is 5.73 Å². The van der Waals surface area contributed by atoms with E-state index < -0.39 is 28.4 Å². The van der Waals surface area contributed by atoms with Crippen molar-refractivity contribution in [2.24, 2.45) is 5.73 Å². The first kappa shape index (κ1) is 18.8. The van der Waals surface area contributed by atoms with E-state index in [2.05, 4.69) is 18.1 Å². The molecule has 0 saturated carbocycles. The highest BCUT2D eigenvalue weighted by molar-refractivity contribution is 6.34. The summed E-state index contributed by atoms with van der Waals surface area (Å²) in [6.07, 6.45) is -3.79. The van der Waals surface area contributed by atoms with Gasteiger partial charge in [0, 0.05) is 6.20 Å². The Hall–Kier alpha value is -1.56. The van der Waals surface area contributed by atoms with Crippen LogP contribution < -0.4 is 5.73 Å². The highest BCUT2D eigenvalue weighted by atomic mass is 35.5. The highest BCUT2D eigenvalue weighted by Crippen LogP contribution is 2.35. The number of hydrogen-bond donors (Lipinski definition) is 1. The minimum atomic E-state index is -4.62. The minimum Gasteiger partial charge on any atom is -0.364 e. The van der Waals surface area contributed by atoms with Crippen molar-refractivity contribution in [3.05, 3.63) is 41.7 Å². The molecule has 3 nitrogen and oxygen atoms in total. The van der Waals surface area contributed by atoms with E-state index in [0.717, 1.165) is 6.20 Å². The second-order valence-electron chi connectivity index (χ2n) is 2.38. The SMILES string of the molecule is C=C.CC.NC(=O)c1nccc(C(F)(F)F)c1Cl. The van der Waals surface area contributed by atoms with Gasteiger partial charge in [-0.2, -0.15) is 13.2 Å². The number of alkyl halides is 3. The number of rotatable bonds is 1. The van der Waals surface area contributed by atoms with E-state index in [1.54, 1.807) is 0 Å². The number of nitrogens with zero attached hydrogens (tertiary/aromatic N) is 1. The van der Waals surface area contributed by atoms with E-state index >= 15 is 0 Å². The van der Waals surface area contributed by atoms with E-state index in [1.807, 2.05) is 13.8 Å². The number of carbonyl (C=O) groups is 1. The summed E-state index contributed by atoms with van der Waals surface area (Å²) in [6.45, 7) is 10.0. The van der Waals surface area contributed by atoms with E-state index in [0.29, 0.717) is 6.07 Å². The van der Waals surface area contributed by atoms with Gasteiger partial charge in [-0.15, -0.1) is 13.2 Å². The summed E-state index contributed by atoms with van der Waals surface area (Å²) in [4.78, 5) is 14.0. The standard InChI is InChI=1S/C7H4ClF3N2O.C2H6.C2H4/c8-4-3(7(9,10)11)1-2-13-5(4)6(12)14;2*1-2/h1-2H,(H2,12,14);1-2H3;1-2H2. The number of aromatic nitrogens is 1. The molecule has 0 aliphatic carbocycles. The van der Waals surface area contributed by atoms with Gasteiger partial charge in [-0.05, 0) is 6.07 Å². The van der Waals surface area contributed by atoms with E-state index in [-0.39, 0.29) is 0 Å². The van der Waals surface area contributed by atoms with Crippen LogP contribution in [0.25, 0.3) is 0 Å². The first-order valence-corrected chi connectivity index (χ1v) is 5.23. The zero-order valence-electron chi connectivity index (χ0n) is 10.0. The number of amides is 1. The number of halogens is 4. The van der Waals surface area contributed by atoms with Crippen LogP contribution in [0, 0.1) is 0 Å². The summed E-state index contributed by atoms with van der Waals surface area (Å²) in [5, 5.41) is -0.771. The van der Waals surface area contributed by atoms with Crippen LogP contribution in [0.4, 0.5) is 13.2 Å². The van der Waals surface area contributed by atoms with Gasteiger partial charge in [0.2, 0.25) is 0 Å². The second-order valence-corrected chi connectivity index (χ2v) is 2.76. The van der Waals surface area contributed by atoms with Crippen molar-refractivity contribution in [3.8, 4) is 0 Å². The molecule has 0 aliphatic rings. The fraction of sp³-hybridized carbons (Fsp3) is 0.273. The maximum Gasteiger partial charge on any atom is 0.417 e. The summed E-state index contributed by atoms with van der Waals surface area (Å²) in [7, 11) is 0. The average molecular weight is 283 g/mol. The summed E-state index contributed by atoms with van der Waals surface area (Å²) < 4.78 is 36.7. The van der Waals surface area contributed by atoms with Gasteiger partial charge in [0.1, 0.15) is 5.69 Å². The van der Waals surface area contributed by atoms with Crippen LogP contribution in [0.3, 0.4) is 0 Å². The molecule has 2 N–H and O–H groups in total. The van der Waals surface area contributed by atoms with Gasteiger partial charge in [-0.3, -0.25) is 4.79 Å². The van der Waals surface area contributed by atoms with Gasteiger partial charge in [-0.25, -0.2) is 4.98 Å². The Bertz CT molecular complexity index is 394. The van der Waals surface area contributed by atoms with Gasteiger partial charge in [0.25, 0.3) is 5.91 Å². The Morgan fingerprint density at radius 3 is 2.17 bits per heavy atom. The predicted octanol–water partition coefficient (Wildman–Crippen LogP) is 3.68. The van der Waals surface area contributed by atoms with Crippen molar-refractivity contribution >= 4 is 17.5 Å². The highest BCUT2D eigenvalue weighted by Gasteiger charge is 2.34. The van der Waals surface area contributed by atoms with Crippen LogP contribution in [0.1, 0.15) is 29.9 Å². The molecule has 0 aromatic carbocycles. The molecule has 0 radical (unpaired) electrons. The van der Waals surface area contributed by atoms with E-state index in [1.165, 1.54) is 0 Å². The summed E-state index contributed by atoms with van der Waals surface area (Å²) >= 11 is 5.31. The lowest BCUT2D eigenvalue weighted by atomic mass is 10.2. The van der Waals surface area contributed by atoms with Crippen molar-refractivity contribution < 1.29 is 18.0 Å². The average Bonchev–Trinajstić information content (AvgIpc) is 2.32. The van der Waals surface area contributed by atoms with Crippen molar-refractivity contribution in [3.63, 3.8) is 0 Å². The minimum absolute atomic E-state index is 0.582. The number of pyridine rings is 1. The van der Waals surface area contributed by atoms with Crippen molar-refractivity contribution in [1.29, 1.82) is 0 Å². The molecule has 0 spiro atoms. The predicted molar refractivity (Wildman–Crippen MR) is 65.4 cm³/mol. The molecule has 0 bridgehead atoms. The molecule has 1 aromatic rings. The van der Waals surface area contributed by atoms with Gasteiger partial charge in [0.15, 0.2) is 0 Å². The van der Waals surface area contributed by atoms with Crippen LogP contribution >= 0.6 is 11.6 Å². The van der Waals surface area contributed by atoms with Crippen LogP contribution in [0.15, 0.2) is 25.4 Å². The number of hydrogen-bond acceptors (Lipinski definition) is 2. The third-order valence-electron chi connectivity index (χ3n) is 1.43. The molecule has 0 saturated heterocycles. The quantitative estimate of drug-likeness (QED) is 0.799. The Morgan fingerprint density at radius 2 is 1.83 bits per heavy atom. The van der Waals surface area contributed by atoms with Gasteiger partial charge in [-0.1, -0.05) is 25.4 Å². The zero-order valence-corrected chi connectivity index (χ0v) is 10.8. The largest absolute Gasteiger partial charge is 0.417 e. The Balaban J connectivity index is 0. The van der Waals surface area contributed by atoms with E-state index in [4.69, 9.17) is 17.3 Å². The Kier molecular flexibility index (Phi) is 8.90. The van der Waals surface area contributed by atoms with Crippen LogP contribution in [-0.2, 0) is 6.18 Å². The van der Waals surface area contributed by atoms with Crippen LogP contribution in [-0.4, -0.2) is 10.9 Å². The molecule has 102 valence electrons. The topological polar surface area (TPSA) is 56.0 Å². The van der Waals surface area contributed by atoms with Crippen LogP contribution in [0.5, 0.6) is 0 Å². The fourth-order valence-corrected chi connectivity index (χ4v) is 1.15. The number of primary amides is 1. The molecule has 0 unspecified atom stereocenters. The molecular weight excluding hydrogens is 269 g/mol. The van der Waals surface area contributed by atoms with Gasteiger partial charge >= 0.3 is 6.18 Å². The molecule has 1 rings (SSSR count). The third-order valence-corrected chi connectivity index (χ3v) is 1.81. The summed E-state index contributed by atoms with van der Waals surface area (Å²) in [6, 6.07) is 0.675. The lowest BCUT2D eigenvalue weighted by Gasteiger charge is -2.09. The molecule has 1 aromatic heterocycles. The molecular formula is C11H14ClF3N2O. The fourth-order valence-electron chi connectivity index (χ4n) is 0.834. The number of carbonyl (C=O) groups excluding carboxylic acids is 1.